The monoisotopic (exact) mass is 180 g/mol. The van der Waals surface area contributed by atoms with Gasteiger partial charge in [-0.3, -0.25) is 4.68 Å². The first-order chi connectivity index (χ1) is 6.25. The second-order valence-electron chi connectivity index (χ2n) is 3.99. The van der Waals surface area contributed by atoms with Crippen LogP contribution in [-0.2, 0) is 13.6 Å². The first-order valence-corrected chi connectivity index (χ1v) is 4.81. The predicted molar refractivity (Wildman–Crippen MR) is 50.0 cm³/mol. The minimum Gasteiger partial charge on any atom is -0.311 e. The molecular weight excluding hydrogens is 164 g/mol. The highest BCUT2D eigenvalue weighted by atomic mass is 15.4. The van der Waals surface area contributed by atoms with Gasteiger partial charge in [-0.1, -0.05) is 12.1 Å². The van der Waals surface area contributed by atoms with E-state index in [0.29, 0.717) is 0 Å². The molecule has 1 aromatic rings. The highest BCUT2D eigenvalue weighted by molar-refractivity contribution is 4.92. The molecule has 2 rings (SSSR count). The molecule has 1 N–H and O–H groups in total. The van der Waals surface area contributed by atoms with Gasteiger partial charge in [0.1, 0.15) is 0 Å². The summed E-state index contributed by atoms with van der Waals surface area (Å²) in [4.78, 5) is 0. The number of nitrogens with one attached hydrogen (secondary N) is 1. The van der Waals surface area contributed by atoms with Crippen LogP contribution in [-0.4, -0.2) is 21.5 Å². The molecule has 2 unspecified atom stereocenters. The van der Waals surface area contributed by atoms with Crippen LogP contribution < -0.4 is 5.32 Å². The summed E-state index contributed by atoms with van der Waals surface area (Å²) in [5.74, 6) is 1.83. The number of aromatic nitrogens is 3. The summed E-state index contributed by atoms with van der Waals surface area (Å²) in [6.07, 6.45) is 3.33. The zero-order valence-corrected chi connectivity index (χ0v) is 8.20. The van der Waals surface area contributed by atoms with Gasteiger partial charge < -0.3 is 5.32 Å². The molecule has 0 spiro atoms. The molecule has 1 fully saturated rings. The second-order valence-corrected chi connectivity index (χ2v) is 3.99. The molecular formula is C9H16N4. The van der Waals surface area contributed by atoms with E-state index in [-0.39, 0.29) is 0 Å². The summed E-state index contributed by atoms with van der Waals surface area (Å²) in [6.45, 7) is 4.27. The van der Waals surface area contributed by atoms with Crippen LogP contribution in [0.5, 0.6) is 0 Å². The van der Waals surface area contributed by atoms with Gasteiger partial charge in [0.2, 0.25) is 0 Å². The predicted octanol–water partition coefficient (Wildman–Crippen LogP) is 0.561. The Labute approximate surface area is 78.3 Å². The zero-order valence-electron chi connectivity index (χ0n) is 8.20. The van der Waals surface area contributed by atoms with Crippen molar-refractivity contribution in [1.29, 1.82) is 0 Å². The Bertz CT molecular complexity index is 281. The highest BCUT2D eigenvalue weighted by Gasteiger charge is 2.31. The lowest BCUT2D eigenvalue weighted by atomic mass is 10.3. The van der Waals surface area contributed by atoms with Gasteiger partial charge in [-0.25, -0.2) is 0 Å². The lowest BCUT2D eigenvalue weighted by Crippen LogP contribution is -2.16. The molecule has 4 heteroatoms. The third-order valence-corrected chi connectivity index (χ3v) is 2.64. The molecule has 1 heterocycles. The van der Waals surface area contributed by atoms with E-state index in [1.54, 1.807) is 4.68 Å². The Morgan fingerprint density at radius 3 is 3.00 bits per heavy atom. The molecule has 1 aliphatic carbocycles. The molecule has 13 heavy (non-hydrogen) atoms. The number of hydrogen-bond acceptors (Lipinski definition) is 3. The quantitative estimate of drug-likeness (QED) is 0.736. The average molecular weight is 180 g/mol. The zero-order chi connectivity index (χ0) is 9.26. The molecule has 72 valence electrons. The van der Waals surface area contributed by atoms with Crippen LogP contribution in [0.3, 0.4) is 0 Å². The average Bonchev–Trinajstić information content (AvgIpc) is 2.60. The summed E-state index contributed by atoms with van der Waals surface area (Å²) in [6, 6.07) is 0. The minimum atomic E-state index is 0.844. The van der Waals surface area contributed by atoms with Crippen molar-refractivity contribution in [1.82, 2.24) is 20.3 Å². The van der Waals surface area contributed by atoms with Crippen molar-refractivity contribution in [3.05, 3.63) is 11.9 Å². The van der Waals surface area contributed by atoms with Crippen molar-refractivity contribution in [2.45, 2.75) is 19.9 Å². The largest absolute Gasteiger partial charge is 0.311 e. The molecule has 1 aliphatic rings. The molecule has 0 aliphatic heterocycles. The van der Waals surface area contributed by atoms with Crippen LogP contribution in [0.15, 0.2) is 6.20 Å². The van der Waals surface area contributed by atoms with Gasteiger partial charge in [0, 0.05) is 19.8 Å². The number of rotatable bonds is 4. The molecule has 2 atom stereocenters. The topological polar surface area (TPSA) is 42.7 Å². The Kier molecular flexibility index (Phi) is 2.31. The van der Waals surface area contributed by atoms with E-state index in [9.17, 15) is 0 Å². The van der Waals surface area contributed by atoms with Crippen molar-refractivity contribution in [2.75, 3.05) is 6.54 Å². The fourth-order valence-electron chi connectivity index (χ4n) is 1.55. The molecule has 1 aromatic heterocycles. The third kappa shape index (κ3) is 2.28. The Balaban J connectivity index is 1.68. The van der Waals surface area contributed by atoms with Gasteiger partial charge in [0.05, 0.1) is 5.69 Å². The van der Waals surface area contributed by atoms with Crippen molar-refractivity contribution in [3.8, 4) is 0 Å². The minimum absolute atomic E-state index is 0.844. The molecule has 0 bridgehead atoms. The second kappa shape index (κ2) is 3.46. The van der Waals surface area contributed by atoms with Crippen molar-refractivity contribution in [3.63, 3.8) is 0 Å². The van der Waals surface area contributed by atoms with E-state index in [1.165, 1.54) is 6.42 Å². The van der Waals surface area contributed by atoms with E-state index in [1.807, 2.05) is 13.2 Å². The third-order valence-electron chi connectivity index (χ3n) is 2.64. The van der Waals surface area contributed by atoms with Crippen LogP contribution >= 0.6 is 0 Å². The van der Waals surface area contributed by atoms with Crippen LogP contribution in [0.25, 0.3) is 0 Å². The summed E-state index contributed by atoms with van der Waals surface area (Å²) >= 11 is 0. The van der Waals surface area contributed by atoms with Crippen molar-refractivity contribution >= 4 is 0 Å². The van der Waals surface area contributed by atoms with Gasteiger partial charge in [-0.05, 0) is 24.8 Å². The summed E-state index contributed by atoms with van der Waals surface area (Å²) < 4.78 is 1.73. The SMILES string of the molecule is CC1CC1CNCc1cn(C)nn1. The van der Waals surface area contributed by atoms with Crippen LogP contribution in [0, 0.1) is 11.8 Å². The molecule has 0 radical (unpaired) electrons. The van der Waals surface area contributed by atoms with Crippen molar-refractivity contribution < 1.29 is 0 Å². The van der Waals surface area contributed by atoms with Gasteiger partial charge in [0.25, 0.3) is 0 Å². The Hall–Kier alpha value is -0.900. The molecule has 0 amide bonds. The van der Waals surface area contributed by atoms with E-state index in [2.05, 4.69) is 22.6 Å². The van der Waals surface area contributed by atoms with Gasteiger partial charge in [-0.2, -0.15) is 0 Å². The maximum absolute atomic E-state index is 4.00. The lowest BCUT2D eigenvalue weighted by molar-refractivity contribution is 0.604. The van der Waals surface area contributed by atoms with Gasteiger partial charge in [-0.15, -0.1) is 5.10 Å². The van der Waals surface area contributed by atoms with E-state index < -0.39 is 0 Å². The molecule has 1 saturated carbocycles. The maximum Gasteiger partial charge on any atom is 0.0964 e. The number of aryl methyl sites for hydroxylation is 1. The first kappa shape index (κ1) is 8.69. The summed E-state index contributed by atoms with van der Waals surface area (Å²) in [7, 11) is 1.89. The summed E-state index contributed by atoms with van der Waals surface area (Å²) in [5.41, 5.74) is 1.02. The number of nitrogens with zero attached hydrogens (tertiary/aromatic N) is 3. The molecule has 4 nitrogen and oxygen atoms in total. The van der Waals surface area contributed by atoms with Crippen LogP contribution in [0.1, 0.15) is 19.0 Å². The molecule has 0 aromatic carbocycles. The first-order valence-electron chi connectivity index (χ1n) is 4.81. The fourth-order valence-corrected chi connectivity index (χ4v) is 1.55. The maximum atomic E-state index is 4.00. The highest BCUT2D eigenvalue weighted by Crippen LogP contribution is 2.36. The lowest BCUT2D eigenvalue weighted by Gasteiger charge is -1.99. The van der Waals surface area contributed by atoms with E-state index in [4.69, 9.17) is 0 Å². The van der Waals surface area contributed by atoms with E-state index >= 15 is 0 Å². The standard InChI is InChI=1S/C9H16N4/c1-7-3-8(7)4-10-5-9-6-13(2)12-11-9/h6-8,10H,3-5H2,1-2H3. The smallest absolute Gasteiger partial charge is 0.0964 e. The van der Waals surface area contributed by atoms with Crippen LogP contribution in [0.2, 0.25) is 0 Å². The van der Waals surface area contributed by atoms with Crippen molar-refractivity contribution in [2.24, 2.45) is 18.9 Å². The number of hydrogen-bond donors (Lipinski definition) is 1. The Morgan fingerprint density at radius 1 is 1.69 bits per heavy atom. The summed E-state index contributed by atoms with van der Waals surface area (Å²) in [5, 5.41) is 11.3. The Morgan fingerprint density at radius 2 is 2.46 bits per heavy atom. The van der Waals surface area contributed by atoms with Gasteiger partial charge >= 0.3 is 0 Å². The van der Waals surface area contributed by atoms with E-state index in [0.717, 1.165) is 30.6 Å². The normalized spacial score (nSPS) is 26.3. The van der Waals surface area contributed by atoms with Crippen LogP contribution in [0.4, 0.5) is 0 Å². The molecule has 0 saturated heterocycles. The van der Waals surface area contributed by atoms with Gasteiger partial charge in [0.15, 0.2) is 0 Å². The fraction of sp³-hybridized carbons (Fsp3) is 0.778.